The van der Waals surface area contributed by atoms with Gasteiger partial charge in [-0.05, 0) is 30.7 Å². The van der Waals surface area contributed by atoms with E-state index < -0.39 is 0 Å². The number of furan rings is 1. The first kappa shape index (κ1) is 13.2. The Morgan fingerprint density at radius 3 is 2.65 bits per heavy atom. The van der Waals surface area contributed by atoms with Gasteiger partial charge in [0.2, 0.25) is 0 Å². The summed E-state index contributed by atoms with van der Waals surface area (Å²) in [5.41, 5.74) is 3.10. The van der Waals surface area contributed by atoms with Gasteiger partial charge in [0, 0.05) is 16.0 Å². The summed E-state index contributed by atoms with van der Waals surface area (Å²) in [7, 11) is 0. The van der Waals surface area contributed by atoms with Crippen molar-refractivity contribution < 1.29 is 9.15 Å². The molecule has 0 atom stereocenters. The van der Waals surface area contributed by atoms with Gasteiger partial charge in [-0.15, -0.1) is 0 Å². The number of rotatable bonds is 4. The van der Waals surface area contributed by atoms with E-state index in [9.17, 15) is 0 Å². The molecule has 0 saturated heterocycles. The van der Waals surface area contributed by atoms with E-state index in [2.05, 4.69) is 0 Å². The highest BCUT2D eigenvalue weighted by atomic mass is 35.5. The lowest BCUT2D eigenvalue weighted by atomic mass is 10.1. The van der Waals surface area contributed by atoms with Crippen molar-refractivity contribution in [1.82, 2.24) is 0 Å². The van der Waals surface area contributed by atoms with E-state index in [0.29, 0.717) is 13.2 Å². The van der Waals surface area contributed by atoms with Gasteiger partial charge in [-0.3, -0.25) is 0 Å². The van der Waals surface area contributed by atoms with Crippen molar-refractivity contribution in [2.45, 2.75) is 20.1 Å². The lowest BCUT2D eigenvalue weighted by Gasteiger charge is -2.03. The first-order chi connectivity index (χ1) is 9.74. The molecule has 0 aliphatic heterocycles. The van der Waals surface area contributed by atoms with Gasteiger partial charge in [0.15, 0.2) is 0 Å². The van der Waals surface area contributed by atoms with Crippen LogP contribution in [0.4, 0.5) is 0 Å². The van der Waals surface area contributed by atoms with E-state index in [-0.39, 0.29) is 0 Å². The van der Waals surface area contributed by atoms with Gasteiger partial charge in [-0.2, -0.15) is 0 Å². The second kappa shape index (κ2) is 5.70. The Morgan fingerprint density at radius 1 is 1.05 bits per heavy atom. The highest BCUT2D eigenvalue weighted by Crippen LogP contribution is 2.28. The molecule has 0 amide bonds. The largest absolute Gasteiger partial charge is 0.458 e. The van der Waals surface area contributed by atoms with Gasteiger partial charge in [-0.25, -0.2) is 0 Å². The van der Waals surface area contributed by atoms with E-state index in [0.717, 1.165) is 32.9 Å². The van der Waals surface area contributed by atoms with E-state index in [1.54, 1.807) is 0 Å². The quantitative estimate of drug-likeness (QED) is 0.665. The Balaban J connectivity index is 1.73. The van der Waals surface area contributed by atoms with Crippen molar-refractivity contribution in [3.63, 3.8) is 0 Å². The molecule has 0 bridgehead atoms. The molecule has 0 radical (unpaired) electrons. The maximum atomic E-state index is 6.01. The fourth-order valence-electron chi connectivity index (χ4n) is 2.22. The van der Waals surface area contributed by atoms with Crippen molar-refractivity contribution in [3.8, 4) is 0 Å². The first-order valence-corrected chi connectivity index (χ1v) is 6.91. The van der Waals surface area contributed by atoms with Crippen LogP contribution in [0.1, 0.15) is 16.9 Å². The lowest BCUT2D eigenvalue weighted by Crippen LogP contribution is -1.94. The molecule has 0 aliphatic carbocycles. The van der Waals surface area contributed by atoms with Crippen molar-refractivity contribution in [2.24, 2.45) is 0 Å². The number of ether oxygens (including phenoxy) is 1. The minimum Gasteiger partial charge on any atom is -0.458 e. The molecule has 0 saturated carbocycles. The van der Waals surface area contributed by atoms with Gasteiger partial charge >= 0.3 is 0 Å². The number of hydrogen-bond donors (Lipinski definition) is 0. The zero-order valence-corrected chi connectivity index (χ0v) is 12.0. The molecule has 0 spiro atoms. The van der Waals surface area contributed by atoms with Crippen LogP contribution >= 0.6 is 11.6 Å². The molecule has 0 aliphatic rings. The third-order valence-electron chi connectivity index (χ3n) is 3.34. The Morgan fingerprint density at radius 2 is 1.85 bits per heavy atom. The second-order valence-corrected chi connectivity index (χ2v) is 5.21. The van der Waals surface area contributed by atoms with Gasteiger partial charge in [0.1, 0.15) is 18.0 Å². The van der Waals surface area contributed by atoms with Gasteiger partial charge < -0.3 is 9.15 Å². The third-order valence-corrected chi connectivity index (χ3v) is 3.58. The van der Waals surface area contributed by atoms with Crippen LogP contribution < -0.4 is 0 Å². The van der Waals surface area contributed by atoms with Crippen molar-refractivity contribution in [1.29, 1.82) is 0 Å². The van der Waals surface area contributed by atoms with Crippen LogP contribution in [0, 0.1) is 6.92 Å². The molecule has 102 valence electrons. The van der Waals surface area contributed by atoms with Crippen LogP contribution in [0.15, 0.2) is 52.9 Å². The van der Waals surface area contributed by atoms with Crippen LogP contribution in [0.3, 0.4) is 0 Å². The summed E-state index contributed by atoms with van der Waals surface area (Å²) >= 11 is 6.01. The molecular weight excluding hydrogens is 272 g/mol. The predicted octanol–water partition coefficient (Wildman–Crippen LogP) is 5.11. The Labute approximate surface area is 122 Å². The van der Waals surface area contributed by atoms with E-state index >= 15 is 0 Å². The summed E-state index contributed by atoms with van der Waals surface area (Å²) in [6.45, 7) is 3.08. The number of hydrogen-bond acceptors (Lipinski definition) is 2. The molecule has 20 heavy (non-hydrogen) atoms. The molecule has 2 nitrogen and oxygen atoms in total. The molecule has 0 fully saturated rings. The molecule has 1 heterocycles. The SMILES string of the molecule is Cc1c(COCc2ccccc2)oc2ccc(Cl)cc12. The summed E-state index contributed by atoms with van der Waals surface area (Å²) in [4.78, 5) is 0. The topological polar surface area (TPSA) is 22.4 Å². The monoisotopic (exact) mass is 286 g/mol. The minimum absolute atomic E-state index is 0.465. The zero-order valence-electron chi connectivity index (χ0n) is 11.2. The average molecular weight is 287 g/mol. The molecule has 2 aromatic carbocycles. The Kier molecular flexibility index (Phi) is 3.77. The number of aryl methyl sites for hydroxylation is 1. The maximum absolute atomic E-state index is 6.01. The molecule has 3 rings (SSSR count). The number of fused-ring (bicyclic) bond motifs is 1. The molecule has 1 aromatic heterocycles. The molecule has 0 N–H and O–H groups in total. The summed E-state index contributed by atoms with van der Waals surface area (Å²) in [5.74, 6) is 0.859. The van der Waals surface area contributed by atoms with Crippen LogP contribution in [0.25, 0.3) is 11.0 Å². The van der Waals surface area contributed by atoms with Crippen LogP contribution in [0.5, 0.6) is 0 Å². The molecular formula is C17H15ClO2. The smallest absolute Gasteiger partial charge is 0.134 e. The first-order valence-electron chi connectivity index (χ1n) is 6.53. The number of benzene rings is 2. The maximum Gasteiger partial charge on any atom is 0.134 e. The van der Waals surface area contributed by atoms with E-state index in [4.69, 9.17) is 20.8 Å². The predicted molar refractivity (Wildman–Crippen MR) is 80.9 cm³/mol. The fraction of sp³-hybridized carbons (Fsp3) is 0.176. The Bertz CT molecular complexity index is 716. The van der Waals surface area contributed by atoms with Crippen LogP contribution in [-0.4, -0.2) is 0 Å². The molecule has 3 aromatic rings. The van der Waals surface area contributed by atoms with E-state index in [1.165, 1.54) is 0 Å². The summed E-state index contributed by atoms with van der Waals surface area (Å²) in [6, 6.07) is 15.8. The lowest BCUT2D eigenvalue weighted by molar-refractivity contribution is 0.0935. The fourth-order valence-corrected chi connectivity index (χ4v) is 2.39. The summed E-state index contributed by atoms with van der Waals surface area (Å²) < 4.78 is 11.5. The van der Waals surface area contributed by atoms with Crippen LogP contribution in [-0.2, 0) is 18.0 Å². The third kappa shape index (κ3) is 2.72. The van der Waals surface area contributed by atoms with Gasteiger partial charge in [0.25, 0.3) is 0 Å². The molecule has 3 heteroatoms. The number of halogens is 1. The Hall–Kier alpha value is -1.77. The highest BCUT2D eigenvalue weighted by Gasteiger charge is 2.10. The standard InChI is InChI=1S/C17H15ClO2/c1-12-15-9-14(18)7-8-16(15)20-17(12)11-19-10-13-5-3-2-4-6-13/h2-9H,10-11H2,1H3. The normalized spacial score (nSPS) is 11.1. The van der Waals surface area contributed by atoms with Gasteiger partial charge in [0.05, 0.1) is 6.61 Å². The zero-order chi connectivity index (χ0) is 13.9. The van der Waals surface area contributed by atoms with Crippen molar-refractivity contribution in [2.75, 3.05) is 0 Å². The summed E-state index contributed by atoms with van der Waals surface area (Å²) in [5, 5.41) is 1.77. The van der Waals surface area contributed by atoms with Crippen LogP contribution in [0.2, 0.25) is 5.02 Å². The highest BCUT2D eigenvalue weighted by molar-refractivity contribution is 6.31. The average Bonchev–Trinajstić information content (AvgIpc) is 2.77. The van der Waals surface area contributed by atoms with Crippen molar-refractivity contribution >= 4 is 22.6 Å². The minimum atomic E-state index is 0.465. The van der Waals surface area contributed by atoms with E-state index in [1.807, 2.05) is 55.5 Å². The summed E-state index contributed by atoms with van der Waals surface area (Å²) in [6.07, 6.45) is 0. The molecule has 0 unspecified atom stereocenters. The van der Waals surface area contributed by atoms with Crippen molar-refractivity contribution in [3.05, 3.63) is 70.4 Å². The van der Waals surface area contributed by atoms with Gasteiger partial charge in [-0.1, -0.05) is 41.9 Å². The second-order valence-electron chi connectivity index (χ2n) is 4.77.